The second-order valence-electron chi connectivity index (χ2n) is 5.07. The smallest absolute Gasteiger partial charge is 0.120 e. The van der Waals surface area contributed by atoms with Crippen LogP contribution < -0.4 is 9.47 Å². The lowest BCUT2D eigenvalue weighted by Gasteiger charge is -2.25. The molecular formula is C15H18O2. The maximum atomic E-state index is 6.11. The van der Waals surface area contributed by atoms with Crippen molar-refractivity contribution in [1.82, 2.24) is 0 Å². The van der Waals surface area contributed by atoms with E-state index in [-0.39, 0.29) is 0 Å². The average Bonchev–Trinajstić information content (AvgIpc) is 2.94. The number of fused-ring (bicyclic) bond motifs is 2. The van der Waals surface area contributed by atoms with Gasteiger partial charge in [0.05, 0.1) is 7.11 Å². The third-order valence-electron chi connectivity index (χ3n) is 4.10. The third-order valence-corrected chi connectivity index (χ3v) is 4.10. The maximum absolute atomic E-state index is 6.11. The molecule has 2 bridgehead atoms. The van der Waals surface area contributed by atoms with E-state index in [4.69, 9.17) is 9.47 Å². The Hall–Kier alpha value is -1.44. The molecule has 3 rings (SSSR count). The molecule has 0 aromatic heterocycles. The minimum absolute atomic E-state index is 0.346. The van der Waals surface area contributed by atoms with E-state index < -0.39 is 0 Å². The van der Waals surface area contributed by atoms with Crippen LogP contribution in [-0.2, 0) is 0 Å². The summed E-state index contributed by atoms with van der Waals surface area (Å²) in [6.07, 6.45) is 6.28. The molecule has 0 amide bonds. The van der Waals surface area contributed by atoms with E-state index in [1.165, 1.54) is 6.42 Å². The highest BCUT2D eigenvalue weighted by Crippen LogP contribution is 2.45. The molecule has 1 fully saturated rings. The van der Waals surface area contributed by atoms with Crippen LogP contribution in [0, 0.1) is 17.8 Å². The number of methoxy groups -OCH3 is 1. The SMILES string of the molecule is COc1ccc(O[C@@H]2[C@@H](C)[C@H]3C=C[C@@H]2C3)cc1. The molecule has 0 unspecified atom stereocenters. The van der Waals surface area contributed by atoms with Gasteiger partial charge in [-0.1, -0.05) is 19.1 Å². The first-order valence-electron chi connectivity index (χ1n) is 6.27. The minimum Gasteiger partial charge on any atom is -0.497 e. The van der Waals surface area contributed by atoms with Crippen molar-refractivity contribution < 1.29 is 9.47 Å². The molecule has 2 heteroatoms. The Bertz CT molecular complexity index is 421. The van der Waals surface area contributed by atoms with Crippen LogP contribution in [0.25, 0.3) is 0 Å². The second kappa shape index (κ2) is 4.10. The van der Waals surface area contributed by atoms with E-state index in [9.17, 15) is 0 Å². The van der Waals surface area contributed by atoms with Crippen LogP contribution in [0.3, 0.4) is 0 Å². The summed E-state index contributed by atoms with van der Waals surface area (Å²) in [4.78, 5) is 0. The molecule has 90 valence electrons. The van der Waals surface area contributed by atoms with Crippen molar-refractivity contribution in [2.45, 2.75) is 19.4 Å². The van der Waals surface area contributed by atoms with E-state index in [0.29, 0.717) is 17.9 Å². The third kappa shape index (κ3) is 1.82. The number of hydrogen-bond donors (Lipinski definition) is 0. The van der Waals surface area contributed by atoms with Gasteiger partial charge in [-0.2, -0.15) is 0 Å². The summed E-state index contributed by atoms with van der Waals surface area (Å²) >= 11 is 0. The van der Waals surface area contributed by atoms with Gasteiger partial charge in [0.25, 0.3) is 0 Å². The number of benzene rings is 1. The molecule has 0 saturated heterocycles. The molecule has 2 aliphatic rings. The van der Waals surface area contributed by atoms with Gasteiger partial charge in [-0.05, 0) is 42.5 Å². The Balaban J connectivity index is 1.72. The predicted molar refractivity (Wildman–Crippen MR) is 67.3 cm³/mol. The molecule has 17 heavy (non-hydrogen) atoms. The summed E-state index contributed by atoms with van der Waals surface area (Å²) < 4.78 is 11.3. The summed E-state index contributed by atoms with van der Waals surface area (Å²) in [6, 6.07) is 7.87. The van der Waals surface area contributed by atoms with Gasteiger partial charge >= 0.3 is 0 Å². The molecule has 0 N–H and O–H groups in total. The van der Waals surface area contributed by atoms with Crippen LogP contribution >= 0.6 is 0 Å². The molecule has 1 aromatic rings. The van der Waals surface area contributed by atoms with Gasteiger partial charge < -0.3 is 9.47 Å². The first-order valence-corrected chi connectivity index (χ1v) is 6.27. The Morgan fingerprint density at radius 3 is 2.24 bits per heavy atom. The van der Waals surface area contributed by atoms with Gasteiger partial charge in [0.15, 0.2) is 0 Å². The highest BCUT2D eigenvalue weighted by molar-refractivity contribution is 5.31. The van der Waals surface area contributed by atoms with Crippen molar-refractivity contribution in [2.24, 2.45) is 17.8 Å². The molecule has 0 aliphatic heterocycles. The van der Waals surface area contributed by atoms with Crippen LogP contribution in [0.5, 0.6) is 11.5 Å². The van der Waals surface area contributed by atoms with E-state index in [2.05, 4.69) is 19.1 Å². The van der Waals surface area contributed by atoms with Gasteiger partial charge in [0, 0.05) is 5.92 Å². The Labute approximate surface area is 102 Å². The lowest BCUT2D eigenvalue weighted by Crippen LogP contribution is -2.28. The van der Waals surface area contributed by atoms with E-state index >= 15 is 0 Å². The van der Waals surface area contributed by atoms with Crippen LogP contribution in [0.4, 0.5) is 0 Å². The van der Waals surface area contributed by atoms with Gasteiger partial charge in [-0.15, -0.1) is 0 Å². The summed E-state index contributed by atoms with van der Waals surface area (Å²) in [5, 5.41) is 0. The van der Waals surface area contributed by atoms with Crippen molar-refractivity contribution in [3.8, 4) is 11.5 Å². The molecule has 2 aliphatic carbocycles. The Morgan fingerprint density at radius 2 is 1.65 bits per heavy atom. The van der Waals surface area contributed by atoms with Crippen molar-refractivity contribution in [3.05, 3.63) is 36.4 Å². The highest BCUT2D eigenvalue weighted by atomic mass is 16.5. The number of rotatable bonds is 3. The van der Waals surface area contributed by atoms with Crippen molar-refractivity contribution in [3.63, 3.8) is 0 Å². The maximum Gasteiger partial charge on any atom is 0.120 e. The van der Waals surface area contributed by atoms with E-state index in [1.807, 2.05) is 24.3 Å². The molecule has 1 aromatic carbocycles. The molecule has 0 heterocycles. The van der Waals surface area contributed by atoms with Gasteiger partial charge in [-0.25, -0.2) is 0 Å². The fraction of sp³-hybridized carbons (Fsp3) is 0.467. The first kappa shape index (κ1) is 10.7. The quantitative estimate of drug-likeness (QED) is 0.742. The zero-order chi connectivity index (χ0) is 11.8. The Morgan fingerprint density at radius 1 is 1.00 bits per heavy atom. The number of ether oxygens (including phenoxy) is 2. The Kier molecular flexibility index (Phi) is 2.58. The van der Waals surface area contributed by atoms with Gasteiger partial charge in [-0.3, -0.25) is 0 Å². The fourth-order valence-electron chi connectivity index (χ4n) is 3.03. The monoisotopic (exact) mass is 230 g/mol. The lowest BCUT2D eigenvalue weighted by molar-refractivity contribution is 0.130. The van der Waals surface area contributed by atoms with Crippen LogP contribution in [0.2, 0.25) is 0 Å². The largest absolute Gasteiger partial charge is 0.497 e. The van der Waals surface area contributed by atoms with E-state index in [0.717, 1.165) is 17.4 Å². The molecular weight excluding hydrogens is 212 g/mol. The van der Waals surface area contributed by atoms with E-state index in [1.54, 1.807) is 7.11 Å². The lowest BCUT2D eigenvalue weighted by atomic mass is 9.93. The normalized spacial score (nSPS) is 34.0. The first-order chi connectivity index (χ1) is 8.28. The van der Waals surface area contributed by atoms with Crippen LogP contribution in [0.15, 0.2) is 36.4 Å². The minimum atomic E-state index is 0.346. The molecule has 4 atom stereocenters. The second-order valence-corrected chi connectivity index (χ2v) is 5.07. The summed E-state index contributed by atoms with van der Waals surface area (Å²) in [6.45, 7) is 2.29. The average molecular weight is 230 g/mol. The molecule has 0 radical (unpaired) electrons. The van der Waals surface area contributed by atoms with Crippen molar-refractivity contribution >= 4 is 0 Å². The fourth-order valence-corrected chi connectivity index (χ4v) is 3.03. The number of allylic oxidation sites excluding steroid dienone is 1. The summed E-state index contributed by atoms with van der Waals surface area (Å²) in [5.74, 6) is 3.79. The highest BCUT2D eigenvalue weighted by Gasteiger charge is 2.43. The number of hydrogen-bond acceptors (Lipinski definition) is 2. The summed E-state index contributed by atoms with van der Waals surface area (Å²) in [5.41, 5.74) is 0. The van der Waals surface area contributed by atoms with Crippen LogP contribution in [0.1, 0.15) is 13.3 Å². The van der Waals surface area contributed by atoms with Gasteiger partial charge in [0.2, 0.25) is 0 Å². The van der Waals surface area contributed by atoms with Crippen molar-refractivity contribution in [1.29, 1.82) is 0 Å². The topological polar surface area (TPSA) is 18.5 Å². The zero-order valence-corrected chi connectivity index (χ0v) is 10.3. The zero-order valence-electron chi connectivity index (χ0n) is 10.3. The molecule has 2 nitrogen and oxygen atoms in total. The standard InChI is InChI=1S/C15H18O2/c1-10-11-3-4-12(9-11)15(10)17-14-7-5-13(16-2)6-8-14/h3-8,10-12,15H,9H2,1-2H3/t10-,11-,12+,15+/m0/s1. The molecule has 1 saturated carbocycles. The van der Waals surface area contributed by atoms with Gasteiger partial charge in [0.1, 0.15) is 17.6 Å². The predicted octanol–water partition coefficient (Wildman–Crippen LogP) is 3.28. The molecule has 0 spiro atoms. The van der Waals surface area contributed by atoms with Crippen molar-refractivity contribution in [2.75, 3.05) is 7.11 Å². The van der Waals surface area contributed by atoms with Crippen LogP contribution in [-0.4, -0.2) is 13.2 Å². The summed E-state index contributed by atoms with van der Waals surface area (Å²) in [7, 11) is 1.68.